The number of amides is 1. The van der Waals surface area contributed by atoms with Crippen molar-refractivity contribution in [3.63, 3.8) is 0 Å². The minimum Gasteiger partial charge on any atom is -0.342 e. The highest BCUT2D eigenvalue weighted by atomic mass is 32.1. The lowest BCUT2D eigenvalue weighted by molar-refractivity contribution is -0.118. The van der Waals surface area contributed by atoms with Gasteiger partial charge in [0, 0.05) is 4.70 Å². The van der Waals surface area contributed by atoms with Crippen molar-refractivity contribution in [2.45, 2.75) is 19.9 Å². The van der Waals surface area contributed by atoms with E-state index in [1.165, 1.54) is 18.3 Å². The van der Waals surface area contributed by atoms with Crippen LogP contribution in [0.15, 0.2) is 30.3 Å². The number of carbonyl (C=O) groups excluding carboxylic acids is 2. The zero-order valence-corrected chi connectivity index (χ0v) is 10.5. The Hall–Kier alpha value is -1.68. The number of thiophene rings is 1. The molecular formula is C13H13NO2S. The SMILES string of the molecule is CC(=O)C(C)NC(=O)c1cc2ccccc2s1. The summed E-state index contributed by atoms with van der Waals surface area (Å²) >= 11 is 1.44. The second-order valence-electron chi connectivity index (χ2n) is 3.95. The summed E-state index contributed by atoms with van der Waals surface area (Å²) in [5, 5.41) is 3.73. The minimum absolute atomic E-state index is 0.0422. The van der Waals surface area contributed by atoms with Crippen LogP contribution in [0.2, 0.25) is 0 Å². The third kappa shape index (κ3) is 2.53. The summed E-state index contributed by atoms with van der Waals surface area (Å²) in [6.07, 6.45) is 0. The molecule has 1 unspecified atom stereocenters. The van der Waals surface area contributed by atoms with Crippen molar-refractivity contribution in [1.82, 2.24) is 5.32 Å². The Balaban J connectivity index is 2.22. The van der Waals surface area contributed by atoms with Crippen molar-refractivity contribution in [2.24, 2.45) is 0 Å². The molecule has 88 valence electrons. The molecule has 3 nitrogen and oxygen atoms in total. The summed E-state index contributed by atoms with van der Waals surface area (Å²) in [6, 6.07) is 9.24. The topological polar surface area (TPSA) is 46.2 Å². The molecule has 1 N–H and O–H groups in total. The number of rotatable bonds is 3. The molecule has 0 saturated carbocycles. The lowest BCUT2D eigenvalue weighted by atomic mass is 10.2. The molecule has 0 spiro atoms. The standard InChI is InChI=1S/C13H13NO2S/c1-8(9(2)15)14-13(16)12-7-10-5-3-4-6-11(10)17-12/h3-8H,1-2H3,(H,14,16). The number of hydrogen-bond acceptors (Lipinski definition) is 3. The van der Waals surface area contributed by atoms with Crippen molar-refractivity contribution in [2.75, 3.05) is 0 Å². The summed E-state index contributed by atoms with van der Waals surface area (Å²) in [6.45, 7) is 3.16. The first-order chi connectivity index (χ1) is 8.08. The number of hydrogen-bond donors (Lipinski definition) is 1. The molecule has 0 aliphatic carbocycles. The van der Waals surface area contributed by atoms with Crippen LogP contribution in [0, 0.1) is 0 Å². The van der Waals surface area contributed by atoms with Crippen LogP contribution in [0.5, 0.6) is 0 Å². The molecule has 1 heterocycles. The van der Waals surface area contributed by atoms with Crippen LogP contribution in [0.3, 0.4) is 0 Å². The Morgan fingerprint density at radius 3 is 2.65 bits per heavy atom. The van der Waals surface area contributed by atoms with Gasteiger partial charge in [0.2, 0.25) is 0 Å². The molecule has 17 heavy (non-hydrogen) atoms. The maximum atomic E-state index is 11.9. The van der Waals surface area contributed by atoms with Crippen LogP contribution in [0.25, 0.3) is 10.1 Å². The second kappa shape index (κ2) is 4.67. The van der Waals surface area contributed by atoms with Crippen LogP contribution >= 0.6 is 11.3 Å². The average molecular weight is 247 g/mol. The van der Waals surface area contributed by atoms with E-state index in [2.05, 4.69) is 5.32 Å². The Bertz CT molecular complexity index is 541. The van der Waals surface area contributed by atoms with Gasteiger partial charge in [0.25, 0.3) is 5.91 Å². The highest BCUT2D eigenvalue weighted by Crippen LogP contribution is 2.25. The normalized spacial score (nSPS) is 12.4. The van der Waals surface area contributed by atoms with Crippen molar-refractivity contribution in [3.05, 3.63) is 35.2 Å². The van der Waals surface area contributed by atoms with Gasteiger partial charge in [-0.05, 0) is 31.4 Å². The Labute approximate surface area is 103 Å². The molecule has 0 aliphatic heterocycles. The zero-order valence-electron chi connectivity index (χ0n) is 9.69. The smallest absolute Gasteiger partial charge is 0.261 e. The van der Waals surface area contributed by atoms with E-state index < -0.39 is 6.04 Å². The quantitative estimate of drug-likeness (QED) is 0.906. The molecule has 0 radical (unpaired) electrons. The first kappa shape index (κ1) is 11.8. The maximum Gasteiger partial charge on any atom is 0.261 e. The fourth-order valence-corrected chi connectivity index (χ4v) is 2.43. The molecular weight excluding hydrogens is 234 g/mol. The Morgan fingerprint density at radius 2 is 2.00 bits per heavy atom. The summed E-state index contributed by atoms with van der Waals surface area (Å²) in [7, 11) is 0. The van der Waals surface area contributed by atoms with E-state index in [0.717, 1.165) is 10.1 Å². The van der Waals surface area contributed by atoms with Crippen molar-refractivity contribution in [3.8, 4) is 0 Å². The van der Waals surface area contributed by atoms with Crippen LogP contribution < -0.4 is 5.32 Å². The van der Waals surface area contributed by atoms with Crippen molar-refractivity contribution in [1.29, 1.82) is 0 Å². The molecule has 1 amide bonds. The molecule has 1 atom stereocenters. The van der Waals surface area contributed by atoms with Gasteiger partial charge in [0.05, 0.1) is 10.9 Å². The minimum atomic E-state index is -0.437. The first-order valence-electron chi connectivity index (χ1n) is 5.38. The molecule has 2 rings (SSSR count). The van der Waals surface area contributed by atoms with Crippen LogP contribution in [0.4, 0.5) is 0 Å². The maximum absolute atomic E-state index is 11.9. The predicted molar refractivity (Wildman–Crippen MR) is 69.4 cm³/mol. The van der Waals surface area contributed by atoms with Crippen LogP contribution in [0.1, 0.15) is 23.5 Å². The lowest BCUT2D eigenvalue weighted by Crippen LogP contribution is -2.36. The number of Topliss-reactive ketones (excluding diaryl/α,β-unsaturated/α-hetero) is 1. The van der Waals surface area contributed by atoms with E-state index in [4.69, 9.17) is 0 Å². The summed E-state index contributed by atoms with van der Waals surface area (Å²) < 4.78 is 1.08. The van der Waals surface area contributed by atoms with E-state index in [1.54, 1.807) is 6.92 Å². The monoisotopic (exact) mass is 247 g/mol. The average Bonchev–Trinajstić information content (AvgIpc) is 2.72. The lowest BCUT2D eigenvalue weighted by Gasteiger charge is -2.08. The Morgan fingerprint density at radius 1 is 1.29 bits per heavy atom. The van der Waals surface area contributed by atoms with Gasteiger partial charge in [-0.15, -0.1) is 11.3 Å². The first-order valence-corrected chi connectivity index (χ1v) is 6.19. The van der Waals surface area contributed by atoms with Gasteiger partial charge in [-0.3, -0.25) is 9.59 Å². The number of benzene rings is 1. The molecule has 0 bridgehead atoms. The van der Waals surface area contributed by atoms with Crippen molar-refractivity contribution < 1.29 is 9.59 Å². The third-order valence-corrected chi connectivity index (χ3v) is 3.72. The second-order valence-corrected chi connectivity index (χ2v) is 5.04. The van der Waals surface area contributed by atoms with Gasteiger partial charge in [0.1, 0.15) is 0 Å². The molecule has 1 aromatic heterocycles. The van der Waals surface area contributed by atoms with E-state index in [-0.39, 0.29) is 11.7 Å². The molecule has 1 aromatic carbocycles. The van der Waals surface area contributed by atoms with E-state index >= 15 is 0 Å². The molecule has 0 fully saturated rings. The largest absolute Gasteiger partial charge is 0.342 e. The summed E-state index contributed by atoms with van der Waals surface area (Å²) in [5.74, 6) is -0.228. The number of carbonyl (C=O) groups is 2. The van der Waals surface area contributed by atoms with Gasteiger partial charge >= 0.3 is 0 Å². The predicted octanol–water partition coefficient (Wildman–Crippen LogP) is 2.61. The van der Waals surface area contributed by atoms with E-state index in [1.807, 2.05) is 30.3 Å². The summed E-state index contributed by atoms with van der Waals surface area (Å²) in [5.41, 5.74) is 0. The van der Waals surface area contributed by atoms with E-state index in [9.17, 15) is 9.59 Å². The molecule has 0 saturated heterocycles. The number of nitrogens with one attached hydrogen (secondary N) is 1. The molecule has 0 aliphatic rings. The highest BCUT2D eigenvalue weighted by molar-refractivity contribution is 7.20. The van der Waals surface area contributed by atoms with Crippen LogP contribution in [-0.2, 0) is 4.79 Å². The fourth-order valence-electron chi connectivity index (χ4n) is 1.46. The third-order valence-electron chi connectivity index (χ3n) is 2.61. The van der Waals surface area contributed by atoms with Gasteiger partial charge in [-0.25, -0.2) is 0 Å². The highest BCUT2D eigenvalue weighted by Gasteiger charge is 2.14. The number of fused-ring (bicyclic) bond motifs is 1. The van der Waals surface area contributed by atoms with Gasteiger partial charge in [-0.2, -0.15) is 0 Å². The summed E-state index contributed by atoms with van der Waals surface area (Å²) in [4.78, 5) is 23.6. The van der Waals surface area contributed by atoms with E-state index in [0.29, 0.717) is 4.88 Å². The van der Waals surface area contributed by atoms with Crippen molar-refractivity contribution >= 4 is 33.1 Å². The fraction of sp³-hybridized carbons (Fsp3) is 0.231. The van der Waals surface area contributed by atoms with Gasteiger partial charge in [0.15, 0.2) is 5.78 Å². The van der Waals surface area contributed by atoms with Gasteiger partial charge < -0.3 is 5.32 Å². The van der Waals surface area contributed by atoms with Crippen LogP contribution in [-0.4, -0.2) is 17.7 Å². The zero-order chi connectivity index (χ0) is 12.4. The Kier molecular flexibility index (Phi) is 3.24. The molecule has 2 aromatic rings. The molecule has 4 heteroatoms. The number of ketones is 1. The van der Waals surface area contributed by atoms with Gasteiger partial charge in [-0.1, -0.05) is 18.2 Å².